The minimum Gasteiger partial charge on any atom is -0.380 e. The number of fused-ring (bicyclic) bond motifs is 1. The van der Waals surface area contributed by atoms with Crippen LogP contribution in [0.3, 0.4) is 0 Å². The van der Waals surface area contributed by atoms with Gasteiger partial charge in [0.05, 0.1) is 19.1 Å². The van der Waals surface area contributed by atoms with Gasteiger partial charge in [0.25, 0.3) is 0 Å². The number of carbonyl (C=O) groups excluding carboxylic acids is 2. The molecule has 0 bridgehead atoms. The van der Waals surface area contributed by atoms with E-state index in [-0.39, 0.29) is 24.3 Å². The third-order valence-corrected chi connectivity index (χ3v) is 5.09. The van der Waals surface area contributed by atoms with Gasteiger partial charge in [0.2, 0.25) is 11.8 Å². The molecule has 0 saturated carbocycles. The predicted octanol–water partition coefficient (Wildman–Crippen LogP) is 2.99. The number of nitrogens with zero attached hydrogens (tertiary/aromatic N) is 1. The highest BCUT2D eigenvalue weighted by molar-refractivity contribution is 5.79. The maximum absolute atomic E-state index is 12.7. The van der Waals surface area contributed by atoms with Crippen LogP contribution in [0.5, 0.6) is 0 Å². The number of ether oxygens (including phenoxy) is 1. The predicted molar refractivity (Wildman–Crippen MR) is 104 cm³/mol. The topological polar surface area (TPSA) is 58.6 Å². The summed E-state index contributed by atoms with van der Waals surface area (Å²) in [5.41, 5.74) is 4.40. The summed E-state index contributed by atoms with van der Waals surface area (Å²) >= 11 is 0. The Morgan fingerprint density at radius 2 is 1.81 bits per heavy atom. The van der Waals surface area contributed by atoms with Crippen molar-refractivity contribution in [3.05, 3.63) is 70.8 Å². The van der Waals surface area contributed by atoms with Crippen molar-refractivity contribution in [3.8, 4) is 0 Å². The van der Waals surface area contributed by atoms with Gasteiger partial charge in [0.1, 0.15) is 0 Å². The quantitative estimate of drug-likeness (QED) is 0.855. The van der Waals surface area contributed by atoms with Crippen LogP contribution in [0.4, 0.5) is 0 Å². The first-order valence-corrected chi connectivity index (χ1v) is 9.27. The molecule has 1 N–H and O–H groups in total. The van der Waals surface area contributed by atoms with Crippen LogP contribution in [0, 0.1) is 0 Å². The second kappa shape index (κ2) is 8.82. The summed E-state index contributed by atoms with van der Waals surface area (Å²) in [7, 11) is 1.66. The summed E-state index contributed by atoms with van der Waals surface area (Å²) in [6.45, 7) is 3.19. The van der Waals surface area contributed by atoms with Gasteiger partial charge in [-0.05, 0) is 28.7 Å². The molecule has 0 aromatic heterocycles. The zero-order chi connectivity index (χ0) is 19.2. The summed E-state index contributed by atoms with van der Waals surface area (Å²) in [6.07, 6.45) is 1.10. The Balaban J connectivity index is 1.70. The monoisotopic (exact) mass is 366 g/mol. The standard InChI is InChI=1S/C22H26N2O3/c1-16(25)24-12-11-17-7-5-6-10-20(17)21(24)13-22(26)23-14-18-8-3-4-9-19(18)15-27-2/h3-10,21H,11-15H2,1-2H3,(H,23,26). The van der Waals surface area contributed by atoms with Gasteiger partial charge in [0, 0.05) is 27.1 Å². The van der Waals surface area contributed by atoms with E-state index in [0.29, 0.717) is 19.7 Å². The zero-order valence-corrected chi connectivity index (χ0v) is 15.9. The Hall–Kier alpha value is -2.66. The van der Waals surface area contributed by atoms with E-state index in [1.807, 2.05) is 42.5 Å². The van der Waals surface area contributed by atoms with Crippen molar-refractivity contribution < 1.29 is 14.3 Å². The van der Waals surface area contributed by atoms with E-state index < -0.39 is 0 Å². The van der Waals surface area contributed by atoms with Crippen LogP contribution in [-0.4, -0.2) is 30.4 Å². The average molecular weight is 366 g/mol. The lowest BCUT2D eigenvalue weighted by atomic mass is 9.90. The fourth-order valence-electron chi connectivity index (χ4n) is 3.72. The number of hydrogen-bond donors (Lipinski definition) is 1. The second-order valence-electron chi connectivity index (χ2n) is 6.86. The molecule has 142 valence electrons. The third kappa shape index (κ3) is 4.55. The normalized spacial score (nSPS) is 15.9. The molecule has 1 atom stereocenters. The highest BCUT2D eigenvalue weighted by Crippen LogP contribution is 2.32. The van der Waals surface area contributed by atoms with Gasteiger partial charge in [-0.25, -0.2) is 0 Å². The lowest BCUT2D eigenvalue weighted by molar-refractivity contribution is -0.133. The molecular weight excluding hydrogens is 340 g/mol. The van der Waals surface area contributed by atoms with Crippen LogP contribution in [-0.2, 0) is 33.9 Å². The first-order chi connectivity index (χ1) is 13.1. The molecule has 0 spiro atoms. The van der Waals surface area contributed by atoms with Crippen LogP contribution in [0.25, 0.3) is 0 Å². The Morgan fingerprint density at radius 3 is 2.56 bits per heavy atom. The minimum atomic E-state index is -0.207. The van der Waals surface area contributed by atoms with Gasteiger partial charge in [-0.2, -0.15) is 0 Å². The molecule has 0 aliphatic carbocycles. The lowest BCUT2D eigenvalue weighted by Gasteiger charge is -2.36. The van der Waals surface area contributed by atoms with E-state index >= 15 is 0 Å². The average Bonchev–Trinajstić information content (AvgIpc) is 2.67. The molecule has 2 aromatic carbocycles. The van der Waals surface area contributed by atoms with Crippen LogP contribution < -0.4 is 5.32 Å². The van der Waals surface area contributed by atoms with Crippen LogP contribution in [0.2, 0.25) is 0 Å². The van der Waals surface area contributed by atoms with Gasteiger partial charge in [-0.15, -0.1) is 0 Å². The zero-order valence-electron chi connectivity index (χ0n) is 15.9. The maximum atomic E-state index is 12.7. The Bertz CT molecular complexity index is 819. The van der Waals surface area contributed by atoms with Crippen molar-refractivity contribution in [2.45, 2.75) is 39.0 Å². The van der Waals surface area contributed by atoms with Crippen molar-refractivity contribution in [1.29, 1.82) is 0 Å². The van der Waals surface area contributed by atoms with Crippen molar-refractivity contribution in [3.63, 3.8) is 0 Å². The Kier molecular flexibility index (Phi) is 6.24. The van der Waals surface area contributed by atoms with Crippen molar-refractivity contribution in [1.82, 2.24) is 10.2 Å². The highest BCUT2D eigenvalue weighted by atomic mass is 16.5. The van der Waals surface area contributed by atoms with Crippen molar-refractivity contribution in [2.75, 3.05) is 13.7 Å². The summed E-state index contributed by atoms with van der Waals surface area (Å²) in [4.78, 5) is 26.5. The van der Waals surface area contributed by atoms with Gasteiger partial charge in [-0.1, -0.05) is 48.5 Å². The number of nitrogens with one attached hydrogen (secondary N) is 1. The van der Waals surface area contributed by atoms with Crippen molar-refractivity contribution in [2.24, 2.45) is 0 Å². The molecule has 5 nitrogen and oxygen atoms in total. The SMILES string of the molecule is COCc1ccccc1CNC(=O)CC1c2ccccc2CCN1C(C)=O. The molecule has 0 radical (unpaired) electrons. The fourth-order valence-corrected chi connectivity index (χ4v) is 3.72. The minimum absolute atomic E-state index is 0.00717. The molecular formula is C22H26N2O3. The summed E-state index contributed by atoms with van der Waals surface area (Å²) in [6, 6.07) is 15.8. The molecule has 1 aliphatic rings. The molecule has 2 amide bonds. The van der Waals surface area contributed by atoms with E-state index in [0.717, 1.165) is 23.1 Å². The van der Waals surface area contributed by atoms with Gasteiger partial charge < -0.3 is 15.0 Å². The molecule has 2 aromatic rings. The number of carbonyl (C=O) groups is 2. The Labute approximate surface area is 160 Å². The first-order valence-electron chi connectivity index (χ1n) is 9.27. The van der Waals surface area contributed by atoms with E-state index in [1.54, 1.807) is 18.9 Å². The van der Waals surface area contributed by atoms with Crippen molar-refractivity contribution >= 4 is 11.8 Å². The largest absolute Gasteiger partial charge is 0.380 e. The van der Waals surface area contributed by atoms with Gasteiger partial charge in [-0.3, -0.25) is 9.59 Å². The molecule has 0 saturated heterocycles. The molecule has 5 heteroatoms. The highest BCUT2D eigenvalue weighted by Gasteiger charge is 2.30. The lowest BCUT2D eigenvalue weighted by Crippen LogP contribution is -2.41. The van der Waals surface area contributed by atoms with Gasteiger partial charge >= 0.3 is 0 Å². The third-order valence-electron chi connectivity index (χ3n) is 5.09. The Morgan fingerprint density at radius 1 is 1.11 bits per heavy atom. The van der Waals surface area contributed by atoms with E-state index in [2.05, 4.69) is 11.4 Å². The molecule has 27 heavy (non-hydrogen) atoms. The maximum Gasteiger partial charge on any atom is 0.222 e. The molecule has 1 heterocycles. The summed E-state index contributed by atoms with van der Waals surface area (Å²) < 4.78 is 5.22. The smallest absolute Gasteiger partial charge is 0.222 e. The first kappa shape index (κ1) is 19.1. The van der Waals surface area contributed by atoms with Crippen LogP contribution in [0.1, 0.15) is 41.6 Å². The van der Waals surface area contributed by atoms with E-state index in [9.17, 15) is 9.59 Å². The molecule has 0 fully saturated rings. The summed E-state index contributed by atoms with van der Waals surface area (Å²) in [5, 5.41) is 3.00. The number of amides is 2. The molecule has 3 rings (SSSR count). The second-order valence-corrected chi connectivity index (χ2v) is 6.86. The van der Waals surface area contributed by atoms with E-state index in [4.69, 9.17) is 4.74 Å². The van der Waals surface area contributed by atoms with E-state index in [1.165, 1.54) is 5.56 Å². The van der Waals surface area contributed by atoms with Crippen LogP contribution >= 0.6 is 0 Å². The fraction of sp³-hybridized carbons (Fsp3) is 0.364. The number of hydrogen-bond acceptors (Lipinski definition) is 3. The molecule has 1 unspecified atom stereocenters. The number of methoxy groups -OCH3 is 1. The molecule has 1 aliphatic heterocycles. The summed E-state index contributed by atoms with van der Waals surface area (Å²) in [5.74, 6) is -0.0529. The van der Waals surface area contributed by atoms with Crippen LogP contribution in [0.15, 0.2) is 48.5 Å². The van der Waals surface area contributed by atoms with Gasteiger partial charge in [0.15, 0.2) is 0 Å². The number of benzene rings is 2. The number of rotatable bonds is 6.